The Morgan fingerprint density at radius 3 is 2.58 bits per heavy atom. The van der Waals surface area contributed by atoms with Gasteiger partial charge in [0, 0.05) is 20.2 Å². The Bertz CT molecular complexity index is 653. The average molecular weight is 437 g/mol. The Balaban J connectivity index is 1.51. The summed E-state index contributed by atoms with van der Waals surface area (Å²) in [5, 5.41) is 3.78. The summed E-state index contributed by atoms with van der Waals surface area (Å²) in [6, 6.07) is 0. The summed E-state index contributed by atoms with van der Waals surface area (Å²) in [4.78, 5) is 30.2. The number of nitrogens with one attached hydrogen (secondary N) is 1. The zero-order chi connectivity index (χ0) is 22.1. The van der Waals surface area contributed by atoms with E-state index in [1.54, 1.807) is 7.11 Å². The minimum Gasteiger partial charge on any atom is -0.469 e. The molecule has 4 fully saturated rings. The highest BCUT2D eigenvalue weighted by molar-refractivity contribution is 5.82. The fraction of sp³-hybridized carbons (Fsp3) is 0.913. The molecule has 4 rings (SSSR count). The van der Waals surface area contributed by atoms with Gasteiger partial charge in [0.2, 0.25) is 5.91 Å². The van der Waals surface area contributed by atoms with Crippen molar-refractivity contribution in [3.8, 4) is 0 Å². The van der Waals surface area contributed by atoms with E-state index in [-0.39, 0.29) is 30.1 Å². The normalized spacial score (nSPS) is 41.4. The molecule has 6 atom stereocenters. The molecule has 0 aromatic heterocycles. The molecule has 0 radical (unpaired) electrons. The lowest BCUT2D eigenvalue weighted by molar-refractivity contribution is -0.170. The molecule has 3 N–H and O–H groups in total. The number of nitrogens with zero attached hydrogens (tertiary/aromatic N) is 2. The third kappa shape index (κ3) is 4.49. The summed E-state index contributed by atoms with van der Waals surface area (Å²) in [6.07, 6.45) is 8.08. The number of esters is 1. The number of hydrogen-bond acceptors (Lipinski definition) is 7. The van der Waals surface area contributed by atoms with Crippen molar-refractivity contribution in [2.75, 3.05) is 27.3 Å². The monoisotopic (exact) mass is 436 g/mol. The number of ether oxygens (including phenoxy) is 2. The third-order valence-electron chi connectivity index (χ3n) is 8.34. The van der Waals surface area contributed by atoms with E-state index in [4.69, 9.17) is 15.2 Å². The smallest absolute Gasteiger partial charge is 0.311 e. The van der Waals surface area contributed by atoms with Crippen molar-refractivity contribution >= 4 is 11.9 Å². The van der Waals surface area contributed by atoms with Gasteiger partial charge >= 0.3 is 5.97 Å². The number of methoxy groups -OCH3 is 2. The van der Waals surface area contributed by atoms with Crippen molar-refractivity contribution < 1.29 is 19.1 Å². The van der Waals surface area contributed by atoms with E-state index < -0.39 is 12.1 Å². The molecular weight excluding hydrogens is 396 g/mol. The van der Waals surface area contributed by atoms with Crippen molar-refractivity contribution in [3.05, 3.63) is 0 Å². The summed E-state index contributed by atoms with van der Waals surface area (Å²) in [5.41, 5.74) is 6.65. The van der Waals surface area contributed by atoms with E-state index in [0.717, 1.165) is 58.0 Å². The maximum atomic E-state index is 13.5. The fourth-order valence-electron chi connectivity index (χ4n) is 6.38. The Kier molecular flexibility index (Phi) is 7.20. The molecule has 3 saturated heterocycles. The minimum atomic E-state index is -0.472. The first-order valence-corrected chi connectivity index (χ1v) is 12.1. The number of hydrogen-bond donors (Lipinski definition) is 2. The SMILES string of the molecule is COC(=O)C1CC2C(=O)N3CCCC(C)C3NC2N(CCC2CCC(OC)CC2)C1N. The van der Waals surface area contributed by atoms with Gasteiger partial charge in [-0.15, -0.1) is 0 Å². The van der Waals surface area contributed by atoms with Crippen LogP contribution in [-0.4, -0.2) is 73.6 Å². The number of fused-ring (bicyclic) bond motifs is 2. The second kappa shape index (κ2) is 9.73. The van der Waals surface area contributed by atoms with Crippen LogP contribution < -0.4 is 11.1 Å². The maximum Gasteiger partial charge on any atom is 0.311 e. The Morgan fingerprint density at radius 1 is 1.16 bits per heavy atom. The van der Waals surface area contributed by atoms with E-state index >= 15 is 0 Å². The topological polar surface area (TPSA) is 97.1 Å². The number of nitrogens with two attached hydrogens (primary N) is 1. The summed E-state index contributed by atoms with van der Waals surface area (Å²) in [7, 11) is 3.20. The van der Waals surface area contributed by atoms with Crippen molar-refractivity contribution in [1.82, 2.24) is 15.1 Å². The molecule has 6 unspecified atom stereocenters. The molecule has 8 nitrogen and oxygen atoms in total. The number of piperidine rings is 2. The summed E-state index contributed by atoms with van der Waals surface area (Å²) in [6.45, 7) is 3.80. The van der Waals surface area contributed by atoms with Crippen LogP contribution in [0.2, 0.25) is 0 Å². The molecule has 0 bridgehead atoms. The minimum absolute atomic E-state index is 0.0593. The van der Waals surface area contributed by atoms with Gasteiger partial charge in [-0.2, -0.15) is 0 Å². The number of carbonyl (C=O) groups excluding carboxylic acids is 2. The van der Waals surface area contributed by atoms with Crippen LogP contribution in [-0.2, 0) is 19.1 Å². The zero-order valence-corrected chi connectivity index (χ0v) is 19.3. The number of likely N-dealkylation sites (tertiary alicyclic amines) is 1. The van der Waals surface area contributed by atoms with Crippen molar-refractivity contribution in [2.45, 2.75) is 82.9 Å². The van der Waals surface area contributed by atoms with Crippen LogP contribution in [0.1, 0.15) is 58.3 Å². The van der Waals surface area contributed by atoms with Crippen LogP contribution in [0.25, 0.3) is 0 Å². The molecule has 3 heterocycles. The van der Waals surface area contributed by atoms with Gasteiger partial charge in [-0.3, -0.25) is 19.8 Å². The number of amides is 1. The second-order valence-electron chi connectivity index (χ2n) is 10.1. The van der Waals surface area contributed by atoms with Crippen molar-refractivity contribution in [1.29, 1.82) is 0 Å². The van der Waals surface area contributed by atoms with Gasteiger partial charge in [0.15, 0.2) is 0 Å². The first-order valence-electron chi connectivity index (χ1n) is 12.1. The quantitative estimate of drug-likeness (QED) is 0.630. The maximum absolute atomic E-state index is 13.5. The highest BCUT2D eigenvalue weighted by atomic mass is 16.5. The highest BCUT2D eigenvalue weighted by Crippen LogP contribution is 2.38. The van der Waals surface area contributed by atoms with Gasteiger partial charge < -0.3 is 20.1 Å². The predicted molar refractivity (Wildman–Crippen MR) is 116 cm³/mol. The van der Waals surface area contributed by atoms with Crippen LogP contribution in [0.3, 0.4) is 0 Å². The van der Waals surface area contributed by atoms with Gasteiger partial charge in [0.1, 0.15) is 0 Å². The molecule has 0 aromatic rings. The molecule has 1 aliphatic carbocycles. The van der Waals surface area contributed by atoms with E-state index in [0.29, 0.717) is 24.4 Å². The second-order valence-corrected chi connectivity index (χ2v) is 10.1. The van der Waals surface area contributed by atoms with Crippen LogP contribution >= 0.6 is 0 Å². The molecule has 1 amide bonds. The van der Waals surface area contributed by atoms with Crippen LogP contribution in [0, 0.1) is 23.7 Å². The predicted octanol–water partition coefficient (Wildman–Crippen LogP) is 1.49. The van der Waals surface area contributed by atoms with Crippen molar-refractivity contribution in [2.24, 2.45) is 29.4 Å². The molecule has 4 aliphatic rings. The van der Waals surface area contributed by atoms with Crippen molar-refractivity contribution in [3.63, 3.8) is 0 Å². The molecular formula is C23H40N4O4. The van der Waals surface area contributed by atoms with E-state index in [1.807, 2.05) is 4.90 Å². The Labute approximate surface area is 186 Å². The zero-order valence-electron chi connectivity index (χ0n) is 19.3. The number of rotatable bonds is 5. The Morgan fingerprint density at radius 2 is 1.90 bits per heavy atom. The number of carbonyl (C=O) groups is 2. The van der Waals surface area contributed by atoms with Gasteiger partial charge in [-0.1, -0.05) is 6.92 Å². The highest BCUT2D eigenvalue weighted by Gasteiger charge is 2.53. The largest absolute Gasteiger partial charge is 0.469 e. The van der Waals surface area contributed by atoms with Crippen LogP contribution in [0.5, 0.6) is 0 Å². The average Bonchev–Trinajstić information content (AvgIpc) is 2.79. The fourth-order valence-corrected chi connectivity index (χ4v) is 6.38. The first-order chi connectivity index (χ1) is 14.9. The van der Waals surface area contributed by atoms with E-state index in [1.165, 1.54) is 7.11 Å². The van der Waals surface area contributed by atoms with E-state index in [2.05, 4.69) is 17.1 Å². The molecule has 1 saturated carbocycles. The molecule has 3 aliphatic heterocycles. The van der Waals surface area contributed by atoms with Gasteiger partial charge in [0.05, 0.1) is 43.5 Å². The third-order valence-corrected chi connectivity index (χ3v) is 8.34. The molecule has 0 spiro atoms. The molecule has 31 heavy (non-hydrogen) atoms. The van der Waals surface area contributed by atoms with E-state index in [9.17, 15) is 9.59 Å². The molecule has 176 valence electrons. The first kappa shape index (κ1) is 23.0. The standard InChI is InChI=1S/C23H40N4O4/c1-14-5-4-11-27-20(14)25-21-18(22(27)28)13-17(23(29)31-3)19(24)26(21)12-10-15-6-8-16(30-2)9-7-15/h14-21,25H,4-13,24H2,1-3H3. The Hall–Kier alpha value is -1.22. The summed E-state index contributed by atoms with van der Waals surface area (Å²) >= 11 is 0. The lowest BCUT2D eigenvalue weighted by Crippen LogP contribution is -2.75. The molecule has 0 aromatic carbocycles. The lowest BCUT2D eigenvalue weighted by Gasteiger charge is -2.56. The summed E-state index contributed by atoms with van der Waals surface area (Å²) in [5.74, 6) is 0.194. The van der Waals surface area contributed by atoms with Gasteiger partial charge in [-0.25, -0.2) is 0 Å². The van der Waals surface area contributed by atoms with Crippen LogP contribution in [0.4, 0.5) is 0 Å². The molecule has 8 heteroatoms. The van der Waals surface area contributed by atoms with Gasteiger partial charge in [0.25, 0.3) is 0 Å². The lowest BCUT2D eigenvalue weighted by atomic mass is 9.79. The van der Waals surface area contributed by atoms with Crippen LogP contribution in [0.15, 0.2) is 0 Å². The summed E-state index contributed by atoms with van der Waals surface area (Å²) < 4.78 is 10.6. The van der Waals surface area contributed by atoms with Gasteiger partial charge in [-0.05, 0) is 63.2 Å².